The van der Waals surface area contributed by atoms with E-state index in [0.29, 0.717) is 6.42 Å². The molecule has 0 heterocycles. The zero-order valence-electron chi connectivity index (χ0n) is 17.5. The van der Waals surface area contributed by atoms with Crippen LogP contribution < -0.4 is 0 Å². The zero-order valence-corrected chi connectivity index (χ0v) is 17.5. The Morgan fingerprint density at radius 3 is 2.33 bits per heavy atom. The predicted molar refractivity (Wildman–Crippen MR) is 111 cm³/mol. The van der Waals surface area contributed by atoms with Gasteiger partial charge in [-0.3, -0.25) is 0 Å². The van der Waals surface area contributed by atoms with Gasteiger partial charge in [-0.15, -0.1) is 0 Å². The Hall–Kier alpha value is -0.420. The maximum atomic E-state index is 9.16. The van der Waals surface area contributed by atoms with Crippen LogP contribution in [0.15, 0.2) is 12.2 Å². The van der Waals surface area contributed by atoms with Gasteiger partial charge >= 0.3 is 0 Å². The maximum absolute atomic E-state index is 9.16. The van der Waals surface area contributed by atoms with Crippen LogP contribution in [0.25, 0.3) is 0 Å². The Morgan fingerprint density at radius 1 is 0.926 bits per heavy atom. The molecule has 0 aliphatic heterocycles. The summed E-state index contributed by atoms with van der Waals surface area (Å²) in [5.41, 5.74) is 0. The van der Waals surface area contributed by atoms with E-state index in [2.05, 4.69) is 19.1 Å². The monoisotopic (exact) mass is 384 g/mol. The molecular weight excluding hydrogens is 340 g/mol. The normalized spacial score (nSPS) is 22.0. The van der Waals surface area contributed by atoms with Crippen molar-refractivity contribution < 1.29 is 20.4 Å². The van der Waals surface area contributed by atoms with Gasteiger partial charge in [-0.25, -0.2) is 0 Å². The summed E-state index contributed by atoms with van der Waals surface area (Å²) in [5, 5.41) is 36.6. The minimum absolute atomic E-state index is 0.405. The SMILES string of the molecule is CCCCCCCC/C=C/[C@H]1CCC[C@@H]1CCCCCC(CO)C(O)(O)O. The molecule has 0 aromatic heterocycles. The van der Waals surface area contributed by atoms with E-state index < -0.39 is 18.5 Å². The molecule has 4 heteroatoms. The van der Waals surface area contributed by atoms with E-state index in [4.69, 9.17) is 20.4 Å². The summed E-state index contributed by atoms with van der Waals surface area (Å²) in [5.74, 6) is -2.09. The van der Waals surface area contributed by atoms with Crippen LogP contribution in [0.3, 0.4) is 0 Å². The fraction of sp³-hybridized carbons (Fsp3) is 0.913. The van der Waals surface area contributed by atoms with Crippen molar-refractivity contribution >= 4 is 0 Å². The average molecular weight is 385 g/mol. The molecule has 0 saturated heterocycles. The number of hydrogen-bond donors (Lipinski definition) is 4. The molecule has 4 nitrogen and oxygen atoms in total. The molecule has 1 unspecified atom stereocenters. The maximum Gasteiger partial charge on any atom is 0.280 e. The molecule has 1 aliphatic rings. The van der Waals surface area contributed by atoms with E-state index in [0.717, 1.165) is 31.1 Å². The van der Waals surface area contributed by atoms with Crippen LogP contribution in [-0.2, 0) is 0 Å². The molecule has 0 spiro atoms. The summed E-state index contributed by atoms with van der Waals surface area (Å²) in [6.07, 6.45) is 22.9. The highest BCUT2D eigenvalue weighted by atomic mass is 16.7. The summed E-state index contributed by atoms with van der Waals surface area (Å²) in [6.45, 7) is 1.86. The lowest BCUT2D eigenvalue weighted by atomic mass is 9.89. The van der Waals surface area contributed by atoms with E-state index in [1.54, 1.807) is 0 Å². The lowest BCUT2D eigenvalue weighted by Gasteiger charge is -2.24. The minimum atomic E-state index is -2.76. The molecule has 3 atom stereocenters. The van der Waals surface area contributed by atoms with E-state index >= 15 is 0 Å². The number of allylic oxidation sites excluding steroid dienone is 2. The molecule has 0 amide bonds. The van der Waals surface area contributed by atoms with Crippen molar-refractivity contribution in [1.29, 1.82) is 0 Å². The molecule has 0 bridgehead atoms. The van der Waals surface area contributed by atoms with E-state index in [1.807, 2.05) is 0 Å². The van der Waals surface area contributed by atoms with Crippen molar-refractivity contribution in [3.63, 3.8) is 0 Å². The first kappa shape index (κ1) is 24.6. The molecule has 0 aromatic rings. The second-order valence-electron chi connectivity index (χ2n) is 8.54. The Labute approximate surface area is 166 Å². The van der Waals surface area contributed by atoms with Crippen molar-refractivity contribution in [2.75, 3.05) is 6.61 Å². The van der Waals surface area contributed by atoms with Gasteiger partial charge in [-0.2, -0.15) is 0 Å². The van der Waals surface area contributed by atoms with Gasteiger partial charge in [0.25, 0.3) is 5.97 Å². The Bertz CT molecular complexity index is 375. The highest BCUT2D eigenvalue weighted by molar-refractivity contribution is 4.94. The van der Waals surface area contributed by atoms with Crippen molar-refractivity contribution in [3.05, 3.63) is 12.2 Å². The third kappa shape index (κ3) is 11.2. The van der Waals surface area contributed by atoms with Crippen molar-refractivity contribution in [2.45, 2.75) is 109 Å². The fourth-order valence-electron chi connectivity index (χ4n) is 4.37. The van der Waals surface area contributed by atoms with Crippen LogP contribution in [0, 0.1) is 17.8 Å². The van der Waals surface area contributed by atoms with Gasteiger partial charge in [0, 0.05) is 0 Å². The molecule has 1 rings (SSSR count). The van der Waals surface area contributed by atoms with E-state index in [9.17, 15) is 0 Å². The van der Waals surface area contributed by atoms with Crippen LogP contribution in [0.1, 0.15) is 103 Å². The third-order valence-corrected chi connectivity index (χ3v) is 6.22. The van der Waals surface area contributed by atoms with Crippen LogP contribution in [-0.4, -0.2) is 33.0 Å². The highest BCUT2D eigenvalue weighted by Crippen LogP contribution is 2.36. The molecular formula is C23H44O4. The molecule has 0 radical (unpaired) electrons. The van der Waals surface area contributed by atoms with Crippen LogP contribution in [0.5, 0.6) is 0 Å². The lowest BCUT2D eigenvalue weighted by Crippen LogP contribution is -2.39. The summed E-state index contributed by atoms with van der Waals surface area (Å²) in [4.78, 5) is 0. The summed E-state index contributed by atoms with van der Waals surface area (Å²) in [7, 11) is 0. The van der Waals surface area contributed by atoms with Gasteiger partial charge in [0.05, 0.1) is 12.5 Å². The number of hydrogen-bond acceptors (Lipinski definition) is 4. The minimum Gasteiger partial charge on any atom is -0.396 e. The first-order valence-electron chi connectivity index (χ1n) is 11.4. The molecule has 1 fully saturated rings. The van der Waals surface area contributed by atoms with E-state index in [-0.39, 0.29) is 0 Å². The van der Waals surface area contributed by atoms with Crippen LogP contribution in [0.4, 0.5) is 0 Å². The molecule has 27 heavy (non-hydrogen) atoms. The zero-order chi connectivity index (χ0) is 20.0. The standard InChI is InChI=1S/C23H44O4/c1-2-3-4-5-6-7-8-10-14-20-16-13-17-21(20)15-11-9-12-18-22(19-24)23(25,26)27/h10,14,20-22,24-27H,2-9,11-13,15-19H2,1H3/b14-10+/t20-,21-,22?/m0/s1. The molecule has 1 aliphatic carbocycles. The number of unbranched alkanes of at least 4 members (excludes halogenated alkanes) is 8. The van der Waals surface area contributed by atoms with Gasteiger partial charge < -0.3 is 20.4 Å². The lowest BCUT2D eigenvalue weighted by molar-refractivity contribution is -0.346. The molecule has 160 valence electrons. The Balaban J connectivity index is 2.12. The third-order valence-electron chi connectivity index (χ3n) is 6.22. The first-order valence-corrected chi connectivity index (χ1v) is 11.4. The smallest absolute Gasteiger partial charge is 0.280 e. The predicted octanol–water partition coefficient (Wildman–Crippen LogP) is 4.90. The Morgan fingerprint density at radius 2 is 1.63 bits per heavy atom. The summed E-state index contributed by atoms with van der Waals surface area (Å²) < 4.78 is 0. The van der Waals surface area contributed by atoms with Gasteiger partial charge in [-0.1, -0.05) is 76.9 Å². The first-order chi connectivity index (χ1) is 13.0. The van der Waals surface area contributed by atoms with Gasteiger partial charge in [0.2, 0.25) is 0 Å². The van der Waals surface area contributed by atoms with Gasteiger partial charge in [0.15, 0.2) is 0 Å². The van der Waals surface area contributed by atoms with Crippen LogP contribution >= 0.6 is 0 Å². The van der Waals surface area contributed by atoms with Gasteiger partial charge in [0.1, 0.15) is 0 Å². The quantitative estimate of drug-likeness (QED) is 0.173. The largest absolute Gasteiger partial charge is 0.396 e. The summed E-state index contributed by atoms with van der Waals surface area (Å²) >= 11 is 0. The topological polar surface area (TPSA) is 80.9 Å². The number of aliphatic hydroxyl groups excluding tert-OH is 1. The molecule has 4 N–H and O–H groups in total. The van der Waals surface area contributed by atoms with Crippen molar-refractivity contribution in [3.8, 4) is 0 Å². The van der Waals surface area contributed by atoms with Crippen LogP contribution in [0.2, 0.25) is 0 Å². The average Bonchev–Trinajstić information content (AvgIpc) is 3.06. The number of aliphatic hydroxyl groups is 4. The van der Waals surface area contributed by atoms with Gasteiger partial charge in [-0.05, 0) is 50.4 Å². The second kappa shape index (κ2) is 14.6. The number of rotatable bonds is 16. The van der Waals surface area contributed by atoms with Crippen molar-refractivity contribution in [1.82, 2.24) is 0 Å². The fourth-order valence-corrected chi connectivity index (χ4v) is 4.37. The Kier molecular flexibility index (Phi) is 13.3. The van der Waals surface area contributed by atoms with E-state index in [1.165, 1.54) is 70.6 Å². The molecule has 1 saturated carbocycles. The second-order valence-corrected chi connectivity index (χ2v) is 8.54. The molecule has 0 aromatic carbocycles. The van der Waals surface area contributed by atoms with Crippen molar-refractivity contribution in [2.24, 2.45) is 17.8 Å². The summed E-state index contributed by atoms with van der Waals surface area (Å²) in [6, 6.07) is 0. The highest BCUT2D eigenvalue weighted by Gasteiger charge is 2.31.